The van der Waals surface area contributed by atoms with Crippen LogP contribution in [0.1, 0.15) is 35.1 Å². The van der Waals surface area contributed by atoms with E-state index in [0.717, 1.165) is 29.1 Å². The maximum atomic E-state index is 13.0. The molecule has 0 aliphatic carbocycles. The van der Waals surface area contributed by atoms with Gasteiger partial charge in [-0.15, -0.1) is 0 Å². The number of aromatic nitrogens is 5. The van der Waals surface area contributed by atoms with Crippen LogP contribution in [0.2, 0.25) is 0 Å². The molecule has 0 saturated heterocycles. The number of amides is 1. The second kappa shape index (κ2) is 6.51. The van der Waals surface area contributed by atoms with Crippen LogP contribution in [0.5, 0.6) is 0 Å². The number of pyridine rings is 1. The summed E-state index contributed by atoms with van der Waals surface area (Å²) >= 11 is 0. The number of carbonyl (C=O) groups excluding carboxylic acids is 1. The average Bonchev–Trinajstić information content (AvgIpc) is 3.28. The second-order valence-corrected chi connectivity index (χ2v) is 6.24. The van der Waals surface area contributed by atoms with E-state index < -0.39 is 0 Å². The van der Waals surface area contributed by atoms with E-state index in [1.165, 1.54) is 0 Å². The molecule has 7 heteroatoms. The van der Waals surface area contributed by atoms with Gasteiger partial charge in [0.1, 0.15) is 6.04 Å². The van der Waals surface area contributed by atoms with E-state index in [1.54, 1.807) is 18.7 Å². The SMILES string of the molecule is Cn1nccc1CCC(=O)N1CCc2[nH]cnc2C1c1cccnc1. The van der Waals surface area contributed by atoms with Crippen LogP contribution < -0.4 is 0 Å². The number of fused-ring (bicyclic) bond motifs is 1. The zero-order valence-corrected chi connectivity index (χ0v) is 14.1. The van der Waals surface area contributed by atoms with Gasteiger partial charge in [0.15, 0.2) is 0 Å². The van der Waals surface area contributed by atoms with Crippen molar-refractivity contribution in [2.24, 2.45) is 7.05 Å². The molecule has 3 aromatic rings. The molecule has 4 heterocycles. The number of imidazole rings is 1. The van der Waals surface area contributed by atoms with Gasteiger partial charge in [-0.2, -0.15) is 5.10 Å². The van der Waals surface area contributed by atoms with Gasteiger partial charge in [-0.05, 0) is 24.1 Å². The number of aryl methyl sites for hydroxylation is 2. The van der Waals surface area contributed by atoms with E-state index in [-0.39, 0.29) is 11.9 Å². The Kier molecular flexibility index (Phi) is 4.05. The summed E-state index contributed by atoms with van der Waals surface area (Å²) in [7, 11) is 1.90. The van der Waals surface area contributed by atoms with Gasteiger partial charge in [-0.1, -0.05) is 6.07 Å². The zero-order valence-electron chi connectivity index (χ0n) is 14.1. The van der Waals surface area contributed by atoms with E-state index in [1.807, 2.05) is 41.0 Å². The fourth-order valence-electron chi connectivity index (χ4n) is 3.45. The van der Waals surface area contributed by atoms with Crippen LogP contribution in [-0.2, 0) is 24.7 Å². The number of hydrogen-bond acceptors (Lipinski definition) is 4. The largest absolute Gasteiger partial charge is 0.348 e. The highest BCUT2D eigenvalue weighted by Crippen LogP contribution is 2.33. The van der Waals surface area contributed by atoms with Crippen LogP contribution in [0.3, 0.4) is 0 Å². The Morgan fingerprint density at radius 1 is 1.36 bits per heavy atom. The van der Waals surface area contributed by atoms with Crippen molar-refractivity contribution in [3.8, 4) is 0 Å². The highest BCUT2D eigenvalue weighted by atomic mass is 16.2. The Hall–Kier alpha value is -2.96. The van der Waals surface area contributed by atoms with Gasteiger partial charge in [0, 0.05) is 56.4 Å². The van der Waals surface area contributed by atoms with Crippen LogP contribution in [0.25, 0.3) is 0 Å². The predicted octanol–water partition coefficient (Wildman–Crippen LogP) is 1.65. The smallest absolute Gasteiger partial charge is 0.223 e. The third kappa shape index (κ3) is 2.93. The minimum absolute atomic E-state index is 0.128. The van der Waals surface area contributed by atoms with Crippen molar-refractivity contribution in [3.05, 3.63) is 65.8 Å². The molecule has 1 atom stereocenters. The van der Waals surface area contributed by atoms with Crippen LogP contribution in [0.4, 0.5) is 0 Å². The summed E-state index contributed by atoms with van der Waals surface area (Å²) in [6.07, 6.45) is 8.95. The van der Waals surface area contributed by atoms with Crippen LogP contribution in [-0.4, -0.2) is 42.1 Å². The summed E-state index contributed by atoms with van der Waals surface area (Å²) in [6.45, 7) is 0.680. The molecule has 1 unspecified atom stereocenters. The summed E-state index contributed by atoms with van der Waals surface area (Å²) in [5, 5.41) is 4.16. The Balaban J connectivity index is 1.59. The van der Waals surface area contributed by atoms with E-state index in [4.69, 9.17) is 0 Å². The van der Waals surface area contributed by atoms with Crippen molar-refractivity contribution < 1.29 is 4.79 Å². The van der Waals surface area contributed by atoms with Crippen molar-refractivity contribution in [2.75, 3.05) is 6.54 Å². The molecule has 25 heavy (non-hydrogen) atoms. The van der Waals surface area contributed by atoms with Gasteiger partial charge in [0.25, 0.3) is 0 Å². The van der Waals surface area contributed by atoms with E-state index in [0.29, 0.717) is 19.4 Å². The third-order valence-corrected chi connectivity index (χ3v) is 4.76. The molecule has 0 bridgehead atoms. The standard InChI is InChI=1S/C18H20N6O/c1-23-14(6-9-22-23)4-5-16(25)24-10-7-15-17(21-12-20-15)18(24)13-3-2-8-19-11-13/h2-3,6,8-9,11-12,18H,4-5,7,10H2,1H3,(H,20,21). The average molecular weight is 336 g/mol. The molecule has 4 rings (SSSR count). The van der Waals surface area contributed by atoms with Gasteiger partial charge in [0.2, 0.25) is 5.91 Å². The highest BCUT2D eigenvalue weighted by molar-refractivity contribution is 5.77. The molecule has 1 aliphatic rings. The molecule has 1 aliphatic heterocycles. The maximum absolute atomic E-state index is 13.0. The van der Waals surface area contributed by atoms with Crippen molar-refractivity contribution in [2.45, 2.75) is 25.3 Å². The summed E-state index contributed by atoms with van der Waals surface area (Å²) in [5.41, 5.74) is 4.07. The highest BCUT2D eigenvalue weighted by Gasteiger charge is 2.33. The molecule has 0 fully saturated rings. The summed E-state index contributed by atoms with van der Waals surface area (Å²) in [6, 6.07) is 5.67. The first-order valence-electron chi connectivity index (χ1n) is 8.42. The number of nitrogens with zero attached hydrogens (tertiary/aromatic N) is 5. The number of H-pyrrole nitrogens is 1. The summed E-state index contributed by atoms with van der Waals surface area (Å²) < 4.78 is 1.81. The van der Waals surface area contributed by atoms with Gasteiger partial charge >= 0.3 is 0 Å². The van der Waals surface area contributed by atoms with Gasteiger partial charge in [0.05, 0.1) is 12.0 Å². The lowest BCUT2D eigenvalue weighted by Gasteiger charge is -2.35. The summed E-state index contributed by atoms with van der Waals surface area (Å²) in [4.78, 5) is 26.8. The Labute approximate surface area is 145 Å². The van der Waals surface area contributed by atoms with Gasteiger partial charge in [-0.25, -0.2) is 4.98 Å². The van der Waals surface area contributed by atoms with Gasteiger partial charge < -0.3 is 9.88 Å². The molecule has 128 valence electrons. The first kappa shape index (κ1) is 15.6. The zero-order chi connectivity index (χ0) is 17.2. The second-order valence-electron chi connectivity index (χ2n) is 6.24. The lowest BCUT2D eigenvalue weighted by molar-refractivity contribution is -0.133. The Bertz CT molecular complexity index is 869. The molecule has 1 N–H and O–H groups in total. The minimum Gasteiger partial charge on any atom is -0.348 e. The molecular formula is C18H20N6O. The normalized spacial score (nSPS) is 16.7. The first-order chi connectivity index (χ1) is 12.2. The van der Waals surface area contributed by atoms with Crippen molar-refractivity contribution in [3.63, 3.8) is 0 Å². The predicted molar refractivity (Wildman–Crippen MR) is 91.6 cm³/mol. The van der Waals surface area contributed by atoms with Crippen molar-refractivity contribution in [1.29, 1.82) is 0 Å². The Morgan fingerprint density at radius 2 is 2.28 bits per heavy atom. The number of aromatic amines is 1. The monoisotopic (exact) mass is 336 g/mol. The molecule has 7 nitrogen and oxygen atoms in total. The molecule has 0 aromatic carbocycles. The number of nitrogens with one attached hydrogen (secondary N) is 1. The van der Waals surface area contributed by atoms with Crippen LogP contribution in [0.15, 0.2) is 43.1 Å². The number of hydrogen-bond donors (Lipinski definition) is 1. The fourth-order valence-corrected chi connectivity index (χ4v) is 3.45. The molecule has 0 saturated carbocycles. The lowest BCUT2D eigenvalue weighted by Crippen LogP contribution is -2.41. The summed E-state index contributed by atoms with van der Waals surface area (Å²) in [5.74, 6) is 0.128. The van der Waals surface area contributed by atoms with E-state index >= 15 is 0 Å². The maximum Gasteiger partial charge on any atom is 0.223 e. The van der Waals surface area contributed by atoms with Crippen molar-refractivity contribution >= 4 is 5.91 Å². The quantitative estimate of drug-likeness (QED) is 0.785. The van der Waals surface area contributed by atoms with E-state index in [9.17, 15) is 4.79 Å². The third-order valence-electron chi connectivity index (χ3n) is 4.76. The van der Waals surface area contributed by atoms with Crippen molar-refractivity contribution in [1.82, 2.24) is 29.6 Å². The number of rotatable bonds is 4. The van der Waals surface area contributed by atoms with Crippen LogP contribution >= 0.6 is 0 Å². The van der Waals surface area contributed by atoms with Crippen LogP contribution in [0, 0.1) is 0 Å². The van der Waals surface area contributed by atoms with E-state index in [2.05, 4.69) is 20.1 Å². The molecule has 0 radical (unpaired) electrons. The molecule has 0 spiro atoms. The fraction of sp³-hybridized carbons (Fsp3) is 0.333. The molecular weight excluding hydrogens is 316 g/mol. The van der Waals surface area contributed by atoms with Gasteiger partial charge in [-0.3, -0.25) is 14.5 Å². The number of carbonyl (C=O) groups is 1. The lowest BCUT2D eigenvalue weighted by atomic mass is 9.96. The Morgan fingerprint density at radius 3 is 3.04 bits per heavy atom. The minimum atomic E-state index is -0.178. The first-order valence-corrected chi connectivity index (χ1v) is 8.42. The topological polar surface area (TPSA) is 79.7 Å². The molecule has 3 aromatic heterocycles. The molecule has 1 amide bonds.